The first-order valence-electron chi connectivity index (χ1n) is 10.1. The van der Waals surface area contributed by atoms with Crippen LogP contribution in [0, 0.1) is 25.2 Å². The molecule has 0 bridgehead atoms. The third kappa shape index (κ3) is 3.88. The molecule has 1 fully saturated rings. The molecule has 1 aromatic carbocycles. The Kier molecular flexibility index (Phi) is 5.77. The molecule has 3 aromatic rings. The Morgan fingerprint density at radius 1 is 1.25 bits per heavy atom. The van der Waals surface area contributed by atoms with Gasteiger partial charge in [0.25, 0.3) is 0 Å². The fraction of sp³-hybridized carbons (Fsp3) is 0.304. The van der Waals surface area contributed by atoms with Gasteiger partial charge in [-0.2, -0.15) is 9.57 Å². The molecular formula is C23H23N3O5S. The van der Waals surface area contributed by atoms with Crippen LogP contribution in [0.15, 0.2) is 53.7 Å². The average molecular weight is 454 g/mol. The molecule has 3 heterocycles. The largest absolute Gasteiger partial charge is 0.460 e. The number of aliphatic hydroxyl groups is 1. The van der Waals surface area contributed by atoms with Crippen LogP contribution >= 0.6 is 0 Å². The Labute approximate surface area is 186 Å². The van der Waals surface area contributed by atoms with Crippen molar-refractivity contribution in [2.24, 2.45) is 0 Å². The highest BCUT2D eigenvalue weighted by atomic mass is 32.2. The minimum Gasteiger partial charge on any atom is -0.460 e. The van der Waals surface area contributed by atoms with Gasteiger partial charge in [-0.25, -0.2) is 8.42 Å². The molecule has 2 atom stereocenters. The van der Waals surface area contributed by atoms with Crippen LogP contribution in [0.2, 0.25) is 0 Å². The third-order valence-electron chi connectivity index (χ3n) is 5.83. The number of nitriles is 1. The highest BCUT2D eigenvalue weighted by molar-refractivity contribution is 7.89. The molecule has 1 unspecified atom stereocenters. The van der Waals surface area contributed by atoms with Crippen molar-refractivity contribution in [1.82, 2.24) is 8.71 Å². The van der Waals surface area contributed by atoms with Gasteiger partial charge in [-0.1, -0.05) is 12.1 Å². The summed E-state index contributed by atoms with van der Waals surface area (Å²) in [5.74, 6) is -0.756. The number of ether oxygens (including phenoxy) is 1. The van der Waals surface area contributed by atoms with Crippen molar-refractivity contribution in [3.05, 3.63) is 71.0 Å². The highest BCUT2D eigenvalue weighted by Crippen LogP contribution is 2.29. The molecule has 1 aliphatic rings. The maximum Gasteiger partial charge on any atom is 0.324 e. The van der Waals surface area contributed by atoms with Gasteiger partial charge in [0.1, 0.15) is 18.7 Å². The van der Waals surface area contributed by atoms with Crippen LogP contribution in [0.1, 0.15) is 28.7 Å². The summed E-state index contributed by atoms with van der Waals surface area (Å²) in [6.07, 6.45) is 2.47. The molecular weight excluding hydrogens is 430 g/mol. The number of hydrogen-bond donors (Lipinski definition) is 1. The van der Waals surface area contributed by atoms with Crippen molar-refractivity contribution < 1.29 is 23.1 Å². The molecule has 1 saturated heterocycles. The van der Waals surface area contributed by atoms with Gasteiger partial charge >= 0.3 is 5.97 Å². The van der Waals surface area contributed by atoms with Gasteiger partial charge in [-0.3, -0.25) is 4.79 Å². The van der Waals surface area contributed by atoms with E-state index >= 15 is 0 Å². The average Bonchev–Trinajstić information content (AvgIpc) is 3.34. The van der Waals surface area contributed by atoms with Crippen LogP contribution in [-0.4, -0.2) is 46.9 Å². The number of nitrogens with zero attached hydrogens (tertiary/aromatic N) is 3. The second-order valence-corrected chi connectivity index (χ2v) is 9.86. The Hall–Kier alpha value is -3.19. The van der Waals surface area contributed by atoms with Crippen LogP contribution in [0.3, 0.4) is 0 Å². The number of hydrogen-bond acceptors (Lipinski definition) is 6. The van der Waals surface area contributed by atoms with Crippen molar-refractivity contribution in [1.29, 1.82) is 5.26 Å². The fourth-order valence-electron chi connectivity index (χ4n) is 3.93. The number of sulfonamides is 1. The summed E-state index contributed by atoms with van der Waals surface area (Å²) in [5.41, 5.74) is 3.37. The molecule has 4 rings (SSSR count). The summed E-state index contributed by atoms with van der Waals surface area (Å²) < 4.78 is 34.6. The van der Waals surface area contributed by atoms with Gasteiger partial charge in [0, 0.05) is 30.9 Å². The molecule has 0 amide bonds. The number of aromatic nitrogens is 1. The Bertz CT molecular complexity index is 1340. The summed E-state index contributed by atoms with van der Waals surface area (Å²) >= 11 is 0. The minimum atomic E-state index is -4.01. The highest BCUT2D eigenvalue weighted by Gasteiger charge is 2.44. The number of benzene rings is 1. The SMILES string of the molecule is Cc1ccc(S(=O)(=O)N2CC(O)C[C@H]2C(=O)OCc2cn3ccccc3c2C#N)cc1C. The predicted octanol–water partition coefficient (Wildman–Crippen LogP) is 2.30. The normalized spacial score (nSPS) is 19.2. The van der Waals surface area contributed by atoms with Crippen molar-refractivity contribution in [3.8, 4) is 6.07 Å². The van der Waals surface area contributed by atoms with E-state index in [1.807, 2.05) is 19.9 Å². The van der Waals surface area contributed by atoms with Crippen LogP contribution in [0.25, 0.3) is 5.52 Å². The van der Waals surface area contributed by atoms with E-state index in [2.05, 4.69) is 6.07 Å². The molecule has 1 N–H and O–H groups in total. The van der Waals surface area contributed by atoms with E-state index in [0.29, 0.717) is 16.6 Å². The number of pyridine rings is 1. The fourth-order valence-corrected chi connectivity index (χ4v) is 5.65. The first kappa shape index (κ1) is 22.0. The van der Waals surface area contributed by atoms with Gasteiger partial charge in [0.05, 0.1) is 22.1 Å². The van der Waals surface area contributed by atoms with Crippen LogP contribution < -0.4 is 0 Å². The van der Waals surface area contributed by atoms with Gasteiger partial charge in [0.2, 0.25) is 10.0 Å². The van der Waals surface area contributed by atoms with Crippen molar-refractivity contribution >= 4 is 21.5 Å². The zero-order valence-corrected chi connectivity index (χ0v) is 18.5. The summed E-state index contributed by atoms with van der Waals surface area (Å²) in [6, 6.07) is 11.2. The van der Waals surface area contributed by atoms with Crippen LogP contribution in [-0.2, 0) is 26.2 Å². The molecule has 0 radical (unpaired) electrons. The Morgan fingerprint density at radius 2 is 2.03 bits per heavy atom. The molecule has 0 saturated carbocycles. The smallest absolute Gasteiger partial charge is 0.324 e. The van der Waals surface area contributed by atoms with Gasteiger partial charge < -0.3 is 14.2 Å². The minimum absolute atomic E-state index is 0.0498. The number of aliphatic hydroxyl groups excluding tert-OH is 1. The summed E-state index contributed by atoms with van der Waals surface area (Å²) in [4.78, 5) is 12.9. The number of esters is 1. The lowest BCUT2D eigenvalue weighted by Crippen LogP contribution is -2.41. The molecule has 166 valence electrons. The number of aryl methyl sites for hydroxylation is 2. The van der Waals surface area contributed by atoms with E-state index in [1.165, 1.54) is 6.07 Å². The Balaban J connectivity index is 1.56. The first-order valence-corrected chi connectivity index (χ1v) is 11.6. The standard InChI is InChI=1S/C23H23N3O5S/c1-15-6-7-19(9-16(15)2)32(29,30)26-13-18(27)10-22(26)23(28)31-14-17-12-25-8-4-3-5-21(25)20(17)11-24/h3-9,12,18,22,27H,10,13-14H2,1-2H3/t18?,22-/m0/s1. The predicted molar refractivity (Wildman–Crippen MR) is 116 cm³/mol. The number of β-amino-alcohol motifs (C(OH)–C–C–N with tert-alkyl or cyclic N) is 1. The topological polar surface area (TPSA) is 112 Å². The van der Waals surface area contributed by atoms with Gasteiger partial charge in [0.15, 0.2) is 0 Å². The van der Waals surface area contributed by atoms with E-state index in [-0.39, 0.29) is 24.5 Å². The number of rotatable bonds is 5. The third-order valence-corrected chi connectivity index (χ3v) is 7.71. The van der Waals surface area contributed by atoms with Crippen molar-refractivity contribution in [2.75, 3.05) is 6.54 Å². The van der Waals surface area contributed by atoms with Crippen molar-refractivity contribution in [3.63, 3.8) is 0 Å². The molecule has 8 nitrogen and oxygen atoms in total. The number of carbonyl (C=O) groups is 1. The second-order valence-electron chi connectivity index (χ2n) is 7.97. The quantitative estimate of drug-likeness (QED) is 0.593. The molecule has 0 aliphatic carbocycles. The van der Waals surface area contributed by atoms with E-state index < -0.39 is 28.1 Å². The summed E-state index contributed by atoms with van der Waals surface area (Å²) in [5, 5.41) is 19.6. The van der Waals surface area contributed by atoms with Crippen LogP contribution in [0.4, 0.5) is 0 Å². The van der Waals surface area contributed by atoms with Crippen molar-refractivity contribution in [2.45, 2.75) is 43.9 Å². The molecule has 1 aliphatic heterocycles. The van der Waals surface area contributed by atoms with E-state index in [1.54, 1.807) is 41.1 Å². The summed E-state index contributed by atoms with van der Waals surface area (Å²) in [6.45, 7) is 3.34. The van der Waals surface area contributed by atoms with Crippen LogP contribution in [0.5, 0.6) is 0 Å². The van der Waals surface area contributed by atoms with E-state index in [4.69, 9.17) is 4.74 Å². The maximum absolute atomic E-state index is 13.2. The Morgan fingerprint density at radius 3 is 2.75 bits per heavy atom. The first-order chi connectivity index (χ1) is 15.2. The summed E-state index contributed by atoms with van der Waals surface area (Å²) in [7, 11) is -4.01. The monoisotopic (exact) mass is 453 g/mol. The zero-order chi connectivity index (χ0) is 23.0. The molecule has 2 aromatic heterocycles. The lowest BCUT2D eigenvalue weighted by atomic mass is 10.1. The molecule has 32 heavy (non-hydrogen) atoms. The maximum atomic E-state index is 13.2. The van der Waals surface area contributed by atoms with E-state index in [0.717, 1.165) is 15.4 Å². The lowest BCUT2D eigenvalue weighted by Gasteiger charge is -2.22. The second kappa shape index (κ2) is 8.39. The zero-order valence-electron chi connectivity index (χ0n) is 17.7. The number of fused-ring (bicyclic) bond motifs is 1. The lowest BCUT2D eigenvalue weighted by molar-refractivity contribution is -0.148. The van der Waals surface area contributed by atoms with Gasteiger partial charge in [-0.05, 0) is 49.2 Å². The molecule has 0 spiro atoms. The number of carbonyl (C=O) groups excluding carboxylic acids is 1. The van der Waals surface area contributed by atoms with E-state index in [9.17, 15) is 23.6 Å². The van der Waals surface area contributed by atoms with Gasteiger partial charge in [-0.15, -0.1) is 0 Å². The molecule has 9 heteroatoms.